The number of nitrogens with one attached hydrogen (secondary N) is 2. The zero-order valence-corrected chi connectivity index (χ0v) is 12.9. The number of aromatic nitrogens is 2. The van der Waals surface area contributed by atoms with Crippen LogP contribution in [0.4, 0.5) is 23.7 Å². The second kappa shape index (κ2) is 5.40. The van der Waals surface area contributed by atoms with E-state index >= 15 is 0 Å². The summed E-state index contributed by atoms with van der Waals surface area (Å²) < 4.78 is 43.2. The van der Waals surface area contributed by atoms with Crippen molar-refractivity contribution in [3.8, 4) is 0 Å². The van der Waals surface area contributed by atoms with Crippen LogP contribution in [-0.4, -0.2) is 40.7 Å². The molecular formula is C14H19F3N4O2. The number of amides is 2. The van der Waals surface area contributed by atoms with Crippen LogP contribution in [0.25, 0.3) is 0 Å². The number of carbonyl (C=O) groups excluding carboxylic acids is 1. The van der Waals surface area contributed by atoms with E-state index in [0.717, 1.165) is 17.3 Å². The number of carbonyl (C=O) groups is 1. The van der Waals surface area contributed by atoms with Gasteiger partial charge >= 0.3 is 12.2 Å². The minimum absolute atomic E-state index is 0.0137. The van der Waals surface area contributed by atoms with E-state index in [1.54, 1.807) is 0 Å². The van der Waals surface area contributed by atoms with Gasteiger partial charge in [-0.2, -0.15) is 18.3 Å². The van der Waals surface area contributed by atoms with Gasteiger partial charge in [0.1, 0.15) is 6.54 Å². The zero-order valence-electron chi connectivity index (χ0n) is 12.9. The lowest BCUT2D eigenvalue weighted by Gasteiger charge is -2.54. The van der Waals surface area contributed by atoms with Crippen LogP contribution in [0.3, 0.4) is 0 Å². The predicted octanol–water partition coefficient (Wildman–Crippen LogP) is 2.38. The molecule has 2 aliphatic rings. The molecule has 1 aromatic rings. The smallest absolute Gasteiger partial charge is 0.377 e. The van der Waals surface area contributed by atoms with Gasteiger partial charge in [0.2, 0.25) is 0 Å². The van der Waals surface area contributed by atoms with Crippen LogP contribution in [0, 0.1) is 11.3 Å². The van der Waals surface area contributed by atoms with E-state index in [2.05, 4.69) is 15.7 Å². The number of nitrogens with zero attached hydrogens (tertiary/aromatic N) is 2. The topological polar surface area (TPSA) is 68.2 Å². The quantitative estimate of drug-likeness (QED) is 0.893. The highest BCUT2D eigenvalue weighted by Gasteiger charge is 2.59. The van der Waals surface area contributed by atoms with Crippen LogP contribution >= 0.6 is 0 Å². The van der Waals surface area contributed by atoms with Gasteiger partial charge < -0.3 is 15.4 Å². The van der Waals surface area contributed by atoms with Gasteiger partial charge in [-0.1, -0.05) is 13.8 Å². The number of halogens is 3. The summed E-state index contributed by atoms with van der Waals surface area (Å²) in [6.45, 7) is 3.58. The average molecular weight is 332 g/mol. The number of anilines is 1. The van der Waals surface area contributed by atoms with Gasteiger partial charge in [-0.15, -0.1) is 0 Å². The van der Waals surface area contributed by atoms with Gasteiger partial charge in [-0.25, -0.2) is 4.79 Å². The Bertz CT molecular complexity index is 599. The highest BCUT2D eigenvalue weighted by molar-refractivity contribution is 5.89. The van der Waals surface area contributed by atoms with Gasteiger partial charge in [0.05, 0.1) is 18.0 Å². The normalized spacial score (nSPS) is 28.8. The number of rotatable bonds is 3. The minimum atomic E-state index is -4.35. The first-order valence-electron chi connectivity index (χ1n) is 7.45. The van der Waals surface area contributed by atoms with Gasteiger partial charge in [-0.3, -0.25) is 4.68 Å². The number of fused-ring (bicyclic) bond motifs is 1. The Kier molecular flexibility index (Phi) is 3.78. The lowest BCUT2D eigenvalue weighted by molar-refractivity contribution is -0.142. The number of ether oxygens (including phenoxy) is 1. The van der Waals surface area contributed by atoms with Crippen molar-refractivity contribution in [1.29, 1.82) is 0 Å². The average Bonchev–Trinajstić information content (AvgIpc) is 3.02. The van der Waals surface area contributed by atoms with Crippen molar-refractivity contribution in [2.75, 3.05) is 11.9 Å². The Balaban J connectivity index is 1.56. The van der Waals surface area contributed by atoms with E-state index in [-0.39, 0.29) is 23.2 Å². The Morgan fingerprint density at radius 3 is 2.96 bits per heavy atom. The Morgan fingerprint density at radius 1 is 1.52 bits per heavy atom. The Morgan fingerprint density at radius 2 is 2.26 bits per heavy atom. The largest absolute Gasteiger partial charge is 0.408 e. The highest BCUT2D eigenvalue weighted by Crippen LogP contribution is 2.52. The van der Waals surface area contributed by atoms with Gasteiger partial charge in [-0.05, 0) is 6.42 Å². The van der Waals surface area contributed by atoms with Crippen molar-refractivity contribution in [1.82, 2.24) is 15.1 Å². The molecule has 2 fully saturated rings. The summed E-state index contributed by atoms with van der Waals surface area (Å²) in [5, 5.41) is 9.00. The standard InChI is InChI=1S/C14H19F3N4O2/c1-13(2)10(9-3-4-23-11(9)13)20-12(22)19-8-5-18-21(6-8)7-14(15,16)17/h5-6,9-11H,3-4,7H2,1-2H3,(H2,19,20,22). The molecule has 3 rings (SSSR count). The molecule has 2 N–H and O–H groups in total. The van der Waals surface area contributed by atoms with Crippen molar-refractivity contribution in [3.63, 3.8) is 0 Å². The third-order valence-corrected chi connectivity index (χ3v) is 4.62. The molecule has 0 spiro atoms. The number of hydrogen-bond acceptors (Lipinski definition) is 3. The maximum atomic E-state index is 12.3. The summed E-state index contributed by atoms with van der Waals surface area (Å²) in [5.41, 5.74) is 0.0713. The van der Waals surface area contributed by atoms with E-state index in [1.807, 2.05) is 13.8 Å². The van der Waals surface area contributed by atoms with E-state index in [0.29, 0.717) is 12.5 Å². The zero-order chi connectivity index (χ0) is 16.8. The van der Waals surface area contributed by atoms with E-state index in [9.17, 15) is 18.0 Å². The van der Waals surface area contributed by atoms with Crippen LogP contribution < -0.4 is 10.6 Å². The third kappa shape index (κ3) is 3.15. The molecule has 23 heavy (non-hydrogen) atoms. The van der Waals surface area contributed by atoms with E-state index in [4.69, 9.17) is 4.74 Å². The monoisotopic (exact) mass is 332 g/mol. The first-order chi connectivity index (χ1) is 10.7. The molecule has 1 aliphatic carbocycles. The second-order valence-corrected chi connectivity index (χ2v) is 6.68. The van der Waals surface area contributed by atoms with E-state index < -0.39 is 18.8 Å². The minimum Gasteiger partial charge on any atom is -0.377 e. The highest BCUT2D eigenvalue weighted by atomic mass is 19.4. The third-order valence-electron chi connectivity index (χ3n) is 4.62. The maximum Gasteiger partial charge on any atom is 0.408 e. The molecule has 3 unspecified atom stereocenters. The summed E-state index contributed by atoms with van der Waals surface area (Å²) in [6.07, 6.45) is -0.942. The van der Waals surface area contributed by atoms with Gasteiger partial charge in [0.25, 0.3) is 0 Å². The molecule has 6 nitrogen and oxygen atoms in total. The summed E-state index contributed by atoms with van der Waals surface area (Å²) >= 11 is 0. The molecule has 2 heterocycles. The first kappa shape index (κ1) is 16.1. The van der Waals surface area contributed by atoms with Crippen LogP contribution in [0.1, 0.15) is 20.3 Å². The molecule has 0 aromatic carbocycles. The number of urea groups is 1. The van der Waals surface area contributed by atoms with Crippen molar-refractivity contribution < 1.29 is 22.7 Å². The summed E-state index contributed by atoms with van der Waals surface area (Å²) in [5.74, 6) is 0.295. The first-order valence-corrected chi connectivity index (χ1v) is 7.45. The van der Waals surface area contributed by atoms with Crippen molar-refractivity contribution in [2.24, 2.45) is 11.3 Å². The lowest BCUT2D eigenvalue weighted by atomic mass is 9.57. The summed E-state index contributed by atoms with van der Waals surface area (Å²) in [4.78, 5) is 12.1. The summed E-state index contributed by atoms with van der Waals surface area (Å²) in [6, 6.07) is -0.458. The molecule has 3 atom stereocenters. The predicted molar refractivity (Wildman–Crippen MR) is 75.9 cm³/mol. The molecule has 1 saturated carbocycles. The lowest BCUT2D eigenvalue weighted by Crippen LogP contribution is -2.67. The van der Waals surface area contributed by atoms with Crippen LogP contribution in [0.2, 0.25) is 0 Å². The Hall–Kier alpha value is -1.77. The SMILES string of the molecule is CC1(C)C(NC(=O)Nc2cnn(CC(F)(F)F)c2)C2CCOC21. The molecular weight excluding hydrogens is 313 g/mol. The maximum absolute atomic E-state index is 12.3. The van der Waals surface area contributed by atoms with Crippen molar-refractivity contribution >= 4 is 11.7 Å². The molecule has 0 bridgehead atoms. The Labute approximate surface area is 131 Å². The van der Waals surface area contributed by atoms with Crippen molar-refractivity contribution in [2.45, 2.75) is 45.1 Å². The molecule has 1 aromatic heterocycles. The van der Waals surface area contributed by atoms with Gasteiger partial charge in [0, 0.05) is 30.2 Å². The molecule has 9 heteroatoms. The second-order valence-electron chi connectivity index (χ2n) is 6.68. The van der Waals surface area contributed by atoms with Gasteiger partial charge in [0.15, 0.2) is 0 Å². The molecule has 1 saturated heterocycles. The fraction of sp³-hybridized carbons (Fsp3) is 0.714. The fourth-order valence-electron chi connectivity index (χ4n) is 3.62. The van der Waals surface area contributed by atoms with Crippen molar-refractivity contribution in [3.05, 3.63) is 12.4 Å². The molecule has 2 amide bonds. The summed E-state index contributed by atoms with van der Waals surface area (Å²) in [7, 11) is 0. The number of alkyl halides is 3. The van der Waals surface area contributed by atoms with Crippen LogP contribution in [0.15, 0.2) is 12.4 Å². The molecule has 128 valence electrons. The van der Waals surface area contributed by atoms with E-state index in [1.165, 1.54) is 6.20 Å². The molecule has 0 radical (unpaired) electrons. The molecule has 1 aliphatic heterocycles. The fourth-order valence-corrected chi connectivity index (χ4v) is 3.62. The van der Waals surface area contributed by atoms with Crippen LogP contribution in [-0.2, 0) is 11.3 Å². The number of hydrogen-bond donors (Lipinski definition) is 2. The van der Waals surface area contributed by atoms with Crippen LogP contribution in [0.5, 0.6) is 0 Å².